The summed E-state index contributed by atoms with van der Waals surface area (Å²) in [6.45, 7) is 11.6. The Morgan fingerprint density at radius 3 is 2.38 bits per heavy atom. The third-order valence-electron chi connectivity index (χ3n) is 4.35. The molecule has 3 rings (SSSR count). The van der Waals surface area contributed by atoms with Gasteiger partial charge in [0.15, 0.2) is 5.13 Å². The summed E-state index contributed by atoms with van der Waals surface area (Å²) in [5.74, 6) is 0.841. The van der Waals surface area contributed by atoms with Crippen LogP contribution in [-0.4, -0.2) is 42.0 Å². The zero-order valence-corrected chi connectivity index (χ0v) is 17.1. The first-order chi connectivity index (χ1) is 12.4. The highest BCUT2D eigenvalue weighted by molar-refractivity contribution is 7.19. The summed E-state index contributed by atoms with van der Waals surface area (Å²) < 4.78 is 5.23. The van der Waals surface area contributed by atoms with Gasteiger partial charge >= 0.3 is 0 Å². The van der Waals surface area contributed by atoms with Crippen LogP contribution in [0, 0.1) is 0 Å². The van der Waals surface area contributed by atoms with Crippen LogP contribution < -0.4 is 19.7 Å². The number of ether oxygens (including phenoxy) is 1. The first-order valence-electron chi connectivity index (χ1n) is 8.95. The van der Waals surface area contributed by atoms with Crippen molar-refractivity contribution in [3.63, 3.8) is 0 Å². The van der Waals surface area contributed by atoms with Gasteiger partial charge < -0.3 is 25.2 Å². The summed E-state index contributed by atoms with van der Waals surface area (Å²) in [5.41, 5.74) is 5.78. The van der Waals surface area contributed by atoms with Crippen LogP contribution in [0.5, 0.6) is 5.75 Å². The van der Waals surface area contributed by atoms with Crippen molar-refractivity contribution in [3.05, 3.63) is 29.8 Å². The van der Waals surface area contributed by atoms with E-state index in [1.54, 1.807) is 18.4 Å². The minimum atomic E-state index is 0.252. The fraction of sp³-hybridized carbons (Fsp3) is 0.556. The second-order valence-corrected chi connectivity index (χ2v) is 7.96. The summed E-state index contributed by atoms with van der Waals surface area (Å²) in [6, 6.07) is 8.95. The number of aromatic nitrogens is 2. The minimum Gasteiger partial charge on any atom is -0.497 e. The van der Waals surface area contributed by atoms with Gasteiger partial charge in [0, 0.05) is 30.4 Å². The highest BCUT2D eigenvalue weighted by atomic mass is 32.1. The number of benzene rings is 1. The van der Waals surface area contributed by atoms with Crippen LogP contribution in [0.2, 0.25) is 0 Å². The van der Waals surface area contributed by atoms with Crippen LogP contribution in [0.1, 0.15) is 34.6 Å². The first-order valence-corrected chi connectivity index (χ1v) is 9.76. The molecule has 1 atom stereocenters. The van der Waals surface area contributed by atoms with Crippen LogP contribution in [0.3, 0.4) is 0 Å². The maximum atomic E-state index is 5.23. The standard InChI is InChI=1S/C18H27N6OS/c1-12(2)23(13(3)4)18-20-19-17(26-18)22-11-14(5)24(21-22)15-7-9-16(25-6)10-8-15/h7-10,12-14H,11H2,1-6H3/q-1. The molecule has 1 aromatic heterocycles. The molecule has 1 aromatic carbocycles. The van der Waals surface area contributed by atoms with Crippen molar-refractivity contribution < 1.29 is 4.74 Å². The third-order valence-corrected chi connectivity index (χ3v) is 5.30. The molecule has 142 valence electrons. The fourth-order valence-corrected chi connectivity index (χ4v) is 4.25. The van der Waals surface area contributed by atoms with Crippen LogP contribution >= 0.6 is 11.3 Å². The molecule has 2 aromatic rings. The number of methoxy groups -OCH3 is 1. The molecule has 1 fully saturated rings. The zero-order chi connectivity index (χ0) is 18.8. The molecule has 2 heterocycles. The number of hydrogen-bond donors (Lipinski definition) is 0. The molecule has 0 saturated carbocycles. The SMILES string of the molecule is COc1ccc(N2[N-]N(c3nnc(N(C(C)C)C(C)C)s3)CC2C)cc1. The quantitative estimate of drug-likeness (QED) is 0.758. The first kappa shape index (κ1) is 18.7. The van der Waals surface area contributed by atoms with Gasteiger partial charge in [-0.2, -0.15) is 0 Å². The lowest BCUT2D eigenvalue weighted by atomic mass is 10.2. The Balaban J connectivity index is 1.75. The van der Waals surface area contributed by atoms with Crippen molar-refractivity contribution in [2.24, 2.45) is 0 Å². The summed E-state index contributed by atoms with van der Waals surface area (Å²) in [6.07, 6.45) is 0. The number of nitrogens with zero attached hydrogens (tertiary/aromatic N) is 6. The van der Waals surface area contributed by atoms with Crippen molar-refractivity contribution in [1.29, 1.82) is 0 Å². The van der Waals surface area contributed by atoms with E-state index >= 15 is 0 Å². The van der Waals surface area contributed by atoms with E-state index in [-0.39, 0.29) is 6.04 Å². The number of rotatable bonds is 6. The Kier molecular flexibility index (Phi) is 5.52. The highest BCUT2D eigenvalue weighted by Gasteiger charge is 2.23. The second kappa shape index (κ2) is 7.67. The Morgan fingerprint density at radius 2 is 1.81 bits per heavy atom. The Labute approximate surface area is 159 Å². The predicted octanol–water partition coefficient (Wildman–Crippen LogP) is 4.09. The normalized spacial score (nSPS) is 17.5. The molecular weight excluding hydrogens is 348 g/mol. The van der Waals surface area contributed by atoms with Crippen LogP contribution in [-0.2, 0) is 0 Å². The van der Waals surface area contributed by atoms with Gasteiger partial charge in [-0.25, -0.2) is 0 Å². The monoisotopic (exact) mass is 375 g/mol. The van der Waals surface area contributed by atoms with Crippen LogP contribution in [0.25, 0.3) is 5.53 Å². The van der Waals surface area contributed by atoms with Gasteiger partial charge in [0.05, 0.1) is 7.11 Å². The van der Waals surface area contributed by atoms with Crippen molar-refractivity contribution in [2.45, 2.75) is 52.7 Å². The van der Waals surface area contributed by atoms with Crippen molar-refractivity contribution in [3.8, 4) is 5.75 Å². The summed E-state index contributed by atoms with van der Waals surface area (Å²) in [5, 5.41) is 14.5. The maximum absolute atomic E-state index is 5.23. The summed E-state index contributed by atoms with van der Waals surface area (Å²) in [4.78, 5) is 2.28. The lowest BCUT2D eigenvalue weighted by molar-refractivity contribution is 0.415. The average molecular weight is 376 g/mol. The molecule has 0 aliphatic carbocycles. The van der Waals surface area contributed by atoms with E-state index < -0.39 is 0 Å². The molecule has 0 N–H and O–H groups in total. The van der Waals surface area contributed by atoms with Crippen molar-refractivity contribution in [1.82, 2.24) is 10.2 Å². The molecule has 1 unspecified atom stereocenters. The van der Waals surface area contributed by atoms with E-state index in [9.17, 15) is 0 Å². The van der Waals surface area contributed by atoms with Crippen LogP contribution in [0.4, 0.5) is 16.0 Å². The zero-order valence-electron chi connectivity index (χ0n) is 16.2. The highest BCUT2D eigenvalue weighted by Crippen LogP contribution is 2.36. The van der Waals surface area contributed by atoms with Gasteiger partial charge in [-0.05, 0) is 58.9 Å². The number of anilines is 3. The molecule has 7 nitrogen and oxygen atoms in total. The molecular formula is C18H27N6OS-. The summed E-state index contributed by atoms with van der Waals surface area (Å²) in [7, 11) is 1.67. The predicted molar refractivity (Wildman–Crippen MR) is 108 cm³/mol. The van der Waals surface area contributed by atoms with Gasteiger partial charge in [0.1, 0.15) is 5.75 Å². The van der Waals surface area contributed by atoms with E-state index in [1.807, 2.05) is 34.3 Å². The molecule has 0 radical (unpaired) electrons. The molecule has 1 aliphatic heterocycles. The van der Waals surface area contributed by atoms with Crippen molar-refractivity contribution >= 4 is 27.3 Å². The topological polar surface area (TPSA) is 58.8 Å². The van der Waals surface area contributed by atoms with Gasteiger partial charge in [0.2, 0.25) is 5.13 Å². The third kappa shape index (κ3) is 3.71. The summed E-state index contributed by atoms with van der Waals surface area (Å²) >= 11 is 1.59. The largest absolute Gasteiger partial charge is 0.497 e. The lowest BCUT2D eigenvalue weighted by Crippen LogP contribution is -2.36. The smallest absolute Gasteiger partial charge is 0.210 e. The molecule has 26 heavy (non-hydrogen) atoms. The van der Waals surface area contributed by atoms with Gasteiger partial charge in [0.25, 0.3) is 0 Å². The lowest BCUT2D eigenvalue weighted by Gasteiger charge is -2.38. The van der Waals surface area contributed by atoms with E-state index in [2.05, 4.69) is 49.7 Å². The molecule has 8 heteroatoms. The van der Waals surface area contributed by atoms with Crippen LogP contribution in [0.15, 0.2) is 24.3 Å². The Morgan fingerprint density at radius 1 is 1.15 bits per heavy atom. The maximum Gasteiger partial charge on any atom is 0.210 e. The van der Waals surface area contributed by atoms with Gasteiger partial charge in [-0.3, -0.25) is 0 Å². The minimum absolute atomic E-state index is 0.252. The van der Waals surface area contributed by atoms with E-state index in [4.69, 9.17) is 10.3 Å². The average Bonchev–Trinajstić information content (AvgIpc) is 3.21. The number of hydrogen-bond acceptors (Lipinski definition) is 7. The van der Waals surface area contributed by atoms with Gasteiger partial charge in [-0.15, -0.1) is 10.2 Å². The molecule has 1 saturated heterocycles. The Hall–Kier alpha value is -2.06. The molecule has 0 amide bonds. The van der Waals surface area contributed by atoms with E-state index in [0.29, 0.717) is 12.1 Å². The molecule has 0 bridgehead atoms. The Bertz CT molecular complexity index is 709. The van der Waals surface area contributed by atoms with Gasteiger partial charge in [-0.1, -0.05) is 11.3 Å². The molecule has 1 aliphatic rings. The van der Waals surface area contributed by atoms with Crippen molar-refractivity contribution in [2.75, 3.05) is 28.6 Å². The van der Waals surface area contributed by atoms with E-state index in [0.717, 1.165) is 28.2 Å². The fourth-order valence-electron chi connectivity index (χ4n) is 3.18. The molecule has 0 spiro atoms. The van der Waals surface area contributed by atoms with E-state index in [1.165, 1.54) is 0 Å². The second-order valence-electron chi connectivity index (χ2n) is 7.03.